The van der Waals surface area contributed by atoms with Crippen LogP contribution in [0.1, 0.15) is 12.0 Å². The Morgan fingerprint density at radius 1 is 1.52 bits per heavy atom. The maximum Gasteiger partial charge on any atom is 0.261 e. The molecule has 5 nitrogen and oxygen atoms in total. The number of ether oxygens (including phenoxy) is 1. The van der Waals surface area contributed by atoms with Crippen LogP contribution in [0.2, 0.25) is 5.02 Å². The van der Waals surface area contributed by atoms with Gasteiger partial charge >= 0.3 is 0 Å². The molecule has 0 radical (unpaired) electrons. The molecule has 0 saturated heterocycles. The molecule has 0 fully saturated rings. The van der Waals surface area contributed by atoms with Gasteiger partial charge in [-0.3, -0.25) is 9.48 Å². The van der Waals surface area contributed by atoms with Crippen LogP contribution < -0.4 is 10.1 Å². The van der Waals surface area contributed by atoms with E-state index in [1.807, 2.05) is 29.1 Å². The third-order valence-corrected chi connectivity index (χ3v) is 3.65. The molecule has 1 aromatic heterocycles. The summed E-state index contributed by atoms with van der Waals surface area (Å²) in [4.78, 5) is 12.1. The molecule has 3 rings (SSSR count). The van der Waals surface area contributed by atoms with E-state index >= 15 is 0 Å². The fourth-order valence-electron chi connectivity index (χ4n) is 2.36. The molecular weight excluding hydrogens is 290 g/mol. The van der Waals surface area contributed by atoms with Crippen LogP contribution >= 0.6 is 11.6 Å². The van der Waals surface area contributed by atoms with Crippen LogP contribution in [0.25, 0.3) is 0 Å². The number of carbonyl (C=O) groups excluding carboxylic acids is 1. The number of hydrogen-bond donors (Lipinski definition) is 1. The van der Waals surface area contributed by atoms with Crippen molar-refractivity contribution in [2.45, 2.75) is 25.5 Å². The fourth-order valence-corrected chi connectivity index (χ4v) is 2.56. The molecule has 1 aliphatic rings. The highest BCUT2D eigenvalue weighted by Gasteiger charge is 2.28. The first-order valence-electron chi connectivity index (χ1n) is 6.92. The Balaban J connectivity index is 1.45. The summed E-state index contributed by atoms with van der Waals surface area (Å²) in [6, 6.07) is 7.31. The molecule has 0 aliphatic carbocycles. The molecule has 2 aromatic rings. The lowest BCUT2D eigenvalue weighted by Crippen LogP contribution is -2.38. The lowest BCUT2D eigenvalue weighted by molar-refractivity contribution is -0.127. The van der Waals surface area contributed by atoms with E-state index < -0.39 is 6.10 Å². The zero-order valence-corrected chi connectivity index (χ0v) is 12.2. The highest BCUT2D eigenvalue weighted by molar-refractivity contribution is 6.30. The second kappa shape index (κ2) is 6.18. The smallest absolute Gasteiger partial charge is 0.261 e. The number of nitrogens with one attached hydrogen (secondary N) is 1. The van der Waals surface area contributed by atoms with Crippen molar-refractivity contribution in [3.8, 4) is 5.75 Å². The van der Waals surface area contributed by atoms with Crippen LogP contribution in [0, 0.1) is 0 Å². The minimum atomic E-state index is -0.455. The van der Waals surface area contributed by atoms with E-state index in [2.05, 4.69) is 10.4 Å². The van der Waals surface area contributed by atoms with Crippen LogP contribution in [0.4, 0.5) is 0 Å². The number of benzene rings is 1. The zero-order chi connectivity index (χ0) is 14.7. The van der Waals surface area contributed by atoms with Gasteiger partial charge in [0.1, 0.15) is 5.75 Å². The summed E-state index contributed by atoms with van der Waals surface area (Å²) < 4.78 is 7.48. The molecule has 1 aromatic carbocycles. The predicted molar refractivity (Wildman–Crippen MR) is 79.4 cm³/mol. The van der Waals surface area contributed by atoms with E-state index in [-0.39, 0.29) is 5.91 Å². The average molecular weight is 306 g/mol. The Hall–Kier alpha value is -2.01. The van der Waals surface area contributed by atoms with Crippen LogP contribution in [0.15, 0.2) is 36.7 Å². The van der Waals surface area contributed by atoms with Gasteiger partial charge in [-0.1, -0.05) is 11.6 Å². The van der Waals surface area contributed by atoms with E-state index in [1.165, 1.54) is 0 Å². The van der Waals surface area contributed by atoms with E-state index in [4.69, 9.17) is 16.3 Å². The summed E-state index contributed by atoms with van der Waals surface area (Å²) in [5, 5.41) is 7.68. The highest BCUT2D eigenvalue weighted by Crippen LogP contribution is 2.31. The van der Waals surface area contributed by atoms with Gasteiger partial charge in [0.15, 0.2) is 6.10 Å². The molecule has 1 N–H and O–H groups in total. The molecule has 6 heteroatoms. The fraction of sp³-hybridized carbons (Fsp3) is 0.333. The summed E-state index contributed by atoms with van der Waals surface area (Å²) in [7, 11) is 0. The molecule has 1 aliphatic heterocycles. The maximum atomic E-state index is 12.1. The van der Waals surface area contributed by atoms with Crippen molar-refractivity contribution < 1.29 is 9.53 Å². The molecule has 1 unspecified atom stereocenters. The Kier molecular flexibility index (Phi) is 4.10. The number of hydrogen-bond acceptors (Lipinski definition) is 3. The third-order valence-electron chi connectivity index (χ3n) is 3.41. The lowest BCUT2D eigenvalue weighted by atomic mass is 10.1. The summed E-state index contributed by atoms with van der Waals surface area (Å²) in [5.41, 5.74) is 0.985. The van der Waals surface area contributed by atoms with Crippen LogP contribution in [-0.2, 0) is 17.8 Å². The molecule has 1 amide bonds. The van der Waals surface area contributed by atoms with Gasteiger partial charge < -0.3 is 10.1 Å². The Bertz CT molecular complexity index is 628. The van der Waals surface area contributed by atoms with Gasteiger partial charge in [0.25, 0.3) is 5.91 Å². The van der Waals surface area contributed by atoms with E-state index in [9.17, 15) is 4.79 Å². The Morgan fingerprint density at radius 2 is 2.43 bits per heavy atom. The van der Waals surface area contributed by atoms with Gasteiger partial charge in [0, 0.05) is 36.9 Å². The summed E-state index contributed by atoms with van der Waals surface area (Å²) in [6.45, 7) is 1.39. The first kappa shape index (κ1) is 13.9. The molecule has 0 saturated carbocycles. The van der Waals surface area contributed by atoms with E-state index in [1.54, 1.807) is 12.3 Å². The standard InChI is InChI=1S/C15H16ClN3O2/c16-12-3-4-13-11(9-12)10-14(21-13)15(20)17-5-1-7-19-8-2-6-18-19/h2-4,6,8-9,14H,1,5,7,10H2,(H,17,20). The first-order valence-corrected chi connectivity index (χ1v) is 7.30. The largest absolute Gasteiger partial charge is 0.480 e. The highest BCUT2D eigenvalue weighted by atomic mass is 35.5. The second-order valence-electron chi connectivity index (χ2n) is 4.98. The number of nitrogens with zero attached hydrogens (tertiary/aromatic N) is 2. The van der Waals surface area contributed by atoms with Crippen molar-refractivity contribution in [2.24, 2.45) is 0 Å². The van der Waals surface area contributed by atoms with Gasteiger partial charge in [0.05, 0.1) is 0 Å². The number of aryl methyl sites for hydroxylation is 1. The minimum absolute atomic E-state index is 0.0808. The molecule has 21 heavy (non-hydrogen) atoms. The van der Waals surface area contributed by atoms with Gasteiger partial charge in [0.2, 0.25) is 0 Å². The van der Waals surface area contributed by atoms with Crippen molar-refractivity contribution in [3.63, 3.8) is 0 Å². The number of fused-ring (bicyclic) bond motifs is 1. The lowest BCUT2D eigenvalue weighted by Gasteiger charge is -2.11. The minimum Gasteiger partial charge on any atom is -0.480 e. The molecule has 1 atom stereocenters. The van der Waals surface area contributed by atoms with E-state index in [0.717, 1.165) is 24.3 Å². The van der Waals surface area contributed by atoms with Gasteiger partial charge in [-0.2, -0.15) is 5.10 Å². The summed E-state index contributed by atoms with van der Waals surface area (Å²) >= 11 is 5.94. The number of rotatable bonds is 5. The van der Waals surface area contributed by atoms with Crippen LogP contribution in [0.5, 0.6) is 5.75 Å². The van der Waals surface area contributed by atoms with Crippen molar-refractivity contribution in [1.82, 2.24) is 15.1 Å². The second-order valence-corrected chi connectivity index (χ2v) is 5.41. The topological polar surface area (TPSA) is 56.2 Å². The normalized spacial score (nSPS) is 16.3. The summed E-state index contributed by atoms with van der Waals surface area (Å²) in [6.07, 6.45) is 4.60. The van der Waals surface area contributed by atoms with Crippen molar-refractivity contribution >= 4 is 17.5 Å². The number of aromatic nitrogens is 2. The average Bonchev–Trinajstić information content (AvgIpc) is 3.11. The Morgan fingerprint density at radius 3 is 3.24 bits per heavy atom. The molecule has 0 bridgehead atoms. The number of halogens is 1. The third kappa shape index (κ3) is 3.36. The quantitative estimate of drug-likeness (QED) is 0.860. The van der Waals surface area contributed by atoms with E-state index in [0.29, 0.717) is 18.0 Å². The SMILES string of the molecule is O=C(NCCCn1cccn1)C1Cc2cc(Cl)ccc2O1. The molecule has 2 heterocycles. The number of amides is 1. The van der Waals surface area contributed by atoms with Crippen LogP contribution in [0.3, 0.4) is 0 Å². The van der Waals surface area contributed by atoms with Crippen LogP contribution in [-0.4, -0.2) is 28.3 Å². The monoisotopic (exact) mass is 305 g/mol. The summed E-state index contributed by atoms with van der Waals surface area (Å²) in [5.74, 6) is 0.666. The Labute approximate surface area is 127 Å². The van der Waals surface area contributed by atoms with Crippen molar-refractivity contribution in [1.29, 1.82) is 0 Å². The maximum absolute atomic E-state index is 12.1. The van der Waals surface area contributed by atoms with Gasteiger partial charge in [-0.25, -0.2) is 0 Å². The molecule has 110 valence electrons. The molecular formula is C15H16ClN3O2. The zero-order valence-electron chi connectivity index (χ0n) is 11.5. The predicted octanol–water partition coefficient (Wildman–Crippen LogP) is 2.05. The van der Waals surface area contributed by atoms with Crippen molar-refractivity contribution in [3.05, 3.63) is 47.2 Å². The number of carbonyl (C=O) groups is 1. The van der Waals surface area contributed by atoms with Gasteiger partial charge in [-0.15, -0.1) is 0 Å². The van der Waals surface area contributed by atoms with Crippen molar-refractivity contribution in [2.75, 3.05) is 6.54 Å². The molecule has 0 spiro atoms. The van der Waals surface area contributed by atoms with Gasteiger partial charge in [-0.05, 0) is 36.2 Å². The first-order chi connectivity index (χ1) is 10.2.